The van der Waals surface area contributed by atoms with E-state index >= 15 is 0 Å². The van der Waals surface area contributed by atoms with E-state index in [4.69, 9.17) is 0 Å². The van der Waals surface area contributed by atoms with E-state index in [2.05, 4.69) is 21.5 Å². The van der Waals surface area contributed by atoms with Gasteiger partial charge >= 0.3 is 0 Å². The van der Waals surface area contributed by atoms with Crippen LogP contribution in [0.3, 0.4) is 0 Å². The normalized spacial score (nSPS) is 9.20. The molecule has 0 saturated carbocycles. The van der Waals surface area contributed by atoms with Gasteiger partial charge in [-0.05, 0) is 43.9 Å². The molecule has 0 unspecified atom stereocenters. The number of rotatable bonds is 6. The van der Waals surface area contributed by atoms with Crippen molar-refractivity contribution in [3.63, 3.8) is 0 Å². The lowest BCUT2D eigenvalue weighted by atomic mass is 10.3. The number of thiophene rings is 1. The minimum absolute atomic E-state index is 0.651. The van der Waals surface area contributed by atoms with E-state index in [0.29, 0.717) is 6.42 Å². The number of carbonyl (C=O) groups is 1. The smallest absolute Gasteiger partial charge is 0.120 e. The highest BCUT2D eigenvalue weighted by molar-refractivity contribution is 7.99. The topological polar surface area (TPSA) is 41.1 Å². The zero-order valence-electron chi connectivity index (χ0n) is 9.16. The molecular weight excluding hydrogens is 228 g/mol. The van der Waals surface area contributed by atoms with Crippen LogP contribution in [-0.4, -0.2) is 26.9 Å². The largest absolute Gasteiger partial charge is 0.323 e. The molecule has 3 nitrogen and oxygen atoms in total. The van der Waals surface area contributed by atoms with Crippen molar-refractivity contribution in [1.29, 1.82) is 0 Å². The summed E-state index contributed by atoms with van der Waals surface area (Å²) in [5.74, 6) is 0. The van der Waals surface area contributed by atoms with Gasteiger partial charge in [-0.15, -0.1) is 11.3 Å². The number of aldehydes is 1. The number of nitrogens with one attached hydrogen (secondary N) is 2. The lowest BCUT2D eigenvalue weighted by Crippen LogP contribution is -2.04. The Balaban J connectivity index is 0.000000583. The average Bonchev–Trinajstić information content (AvgIpc) is 2.72. The molecule has 0 aromatic carbocycles. The van der Waals surface area contributed by atoms with E-state index in [1.165, 1.54) is 4.21 Å². The van der Waals surface area contributed by atoms with Gasteiger partial charge in [0.05, 0.1) is 4.21 Å². The monoisotopic (exact) mass is 246 g/mol. The summed E-state index contributed by atoms with van der Waals surface area (Å²) in [4.78, 5) is 9.96. The highest BCUT2D eigenvalue weighted by Gasteiger charge is 1.92. The summed E-state index contributed by atoms with van der Waals surface area (Å²) in [5, 5.41) is 4.80. The third kappa shape index (κ3) is 9.93. The summed E-state index contributed by atoms with van der Waals surface area (Å²) in [6, 6.07) is 4.10. The first-order chi connectivity index (χ1) is 7.35. The summed E-state index contributed by atoms with van der Waals surface area (Å²) >= 11 is 3.35. The van der Waals surface area contributed by atoms with Gasteiger partial charge in [0, 0.05) is 13.0 Å². The van der Waals surface area contributed by atoms with Gasteiger partial charge < -0.3 is 10.1 Å². The third-order valence-corrected chi connectivity index (χ3v) is 3.15. The first-order valence-electron chi connectivity index (χ1n) is 4.80. The van der Waals surface area contributed by atoms with Gasteiger partial charge in [0.1, 0.15) is 6.29 Å². The van der Waals surface area contributed by atoms with E-state index in [9.17, 15) is 4.79 Å². The van der Waals surface area contributed by atoms with Crippen LogP contribution in [0.4, 0.5) is 0 Å². The van der Waals surface area contributed by atoms with Crippen LogP contribution in [0, 0.1) is 0 Å². The number of carbonyl (C=O) groups excluding carboxylic acids is 1. The van der Waals surface area contributed by atoms with Crippen LogP contribution < -0.4 is 10.0 Å². The molecule has 0 radical (unpaired) electrons. The SMILES string of the molecule is CNC.O=CCCCNSc1cccs1. The van der Waals surface area contributed by atoms with Crippen LogP contribution in [0.25, 0.3) is 0 Å². The second kappa shape index (κ2) is 11.7. The molecular formula is C10H18N2OS2. The second-order valence-electron chi connectivity index (χ2n) is 2.74. The molecule has 5 heteroatoms. The summed E-state index contributed by atoms with van der Waals surface area (Å²) in [5.41, 5.74) is 0. The molecule has 1 aromatic rings. The fraction of sp³-hybridized carbons (Fsp3) is 0.500. The van der Waals surface area contributed by atoms with Crippen molar-refractivity contribution in [2.75, 3.05) is 20.6 Å². The molecule has 0 amide bonds. The van der Waals surface area contributed by atoms with Crippen molar-refractivity contribution in [2.45, 2.75) is 17.1 Å². The Hall–Kier alpha value is -0.360. The number of unbranched alkanes of at least 4 members (excludes halogenated alkanes) is 1. The Kier molecular flexibility index (Phi) is 11.4. The molecule has 0 atom stereocenters. The molecule has 15 heavy (non-hydrogen) atoms. The molecule has 0 bridgehead atoms. The zero-order chi connectivity index (χ0) is 11.4. The standard InChI is InChI=1S/C8H11NOS2.C2H7N/c10-6-2-1-5-9-12-8-4-3-7-11-8;1-3-2/h3-4,6-7,9H,1-2,5H2;3H,1-2H3. The van der Waals surface area contributed by atoms with Crippen molar-refractivity contribution in [2.24, 2.45) is 0 Å². The predicted octanol–water partition coefficient (Wildman–Crippen LogP) is 2.16. The molecule has 0 saturated heterocycles. The van der Waals surface area contributed by atoms with Gasteiger partial charge in [0.25, 0.3) is 0 Å². The van der Waals surface area contributed by atoms with Gasteiger partial charge in [-0.2, -0.15) is 0 Å². The number of hydrogen-bond donors (Lipinski definition) is 2. The molecule has 0 spiro atoms. The Labute approximate surface area is 99.8 Å². The maximum absolute atomic E-state index is 9.96. The first-order valence-corrected chi connectivity index (χ1v) is 6.50. The molecule has 1 rings (SSSR count). The molecule has 0 fully saturated rings. The van der Waals surface area contributed by atoms with Gasteiger partial charge in [-0.1, -0.05) is 6.07 Å². The molecule has 86 valence electrons. The fourth-order valence-corrected chi connectivity index (χ4v) is 2.22. The molecule has 1 heterocycles. The van der Waals surface area contributed by atoms with Crippen molar-refractivity contribution in [3.8, 4) is 0 Å². The summed E-state index contributed by atoms with van der Waals surface area (Å²) < 4.78 is 4.46. The molecule has 2 N–H and O–H groups in total. The van der Waals surface area contributed by atoms with Crippen LogP contribution in [0.1, 0.15) is 12.8 Å². The molecule has 0 aliphatic carbocycles. The minimum atomic E-state index is 0.651. The van der Waals surface area contributed by atoms with E-state index in [0.717, 1.165) is 19.3 Å². The van der Waals surface area contributed by atoms with E-state index in [1.807, 2.05) is 20.2 Å². The highest BCUT2D eigenvalue weighted by atomic mass is 32.2. The lowest BCUT2D eigenvalue weighted by Gasteiger charge is -1.98. The van der Waals surface area contributed by atoms with E-state index < -0.39 is 0 Å². The van der Waals surface area contributed by atoms with Gasteiger partial charge in [0.15, 0.2) is 0 Å². The summed E-state index contributed by atoms with van der Waals surface area (Å²) in [6.07, 6.45) is 2.53. The lowest BCUT2D eigenvalue weighted by molar-refractivity contribution is -0.107. The van der Waals surface area contributed by atoms with Gasteiger partial charge in [-0.3, -0.25) is 4.72 Å². The Morgan fingerprint density at radius 1 is 1.53 bits per heavy atom. The zero-order valence-corrected chi connectivity index (χ0v) is 10.8. The maximum Gasteiger partial charge on any atom is 0.120 e. The molecule has 1 aromatic heterocycles. The van der Waals surface area contributed by atoms with Gasteiger partial charge in [0.2, 0.25) is 0 Å². The van der Waals surface area contributed by atoms with E-state index in [1.54, 1.807) is 23.3 Å². The van der Waals surface area contributed by atoms with Crippen molar-refractivity contribution < 1.29 is 4.79 Å². The molecule has 0 aliphatic heterocycles. The second-order valence-corrected chi connectivity index (χ2v) is 4.88. The Bertz CT molecular complexity index is 227. The Morgan fingerprint density at radius 3 is 2.80 bits per heavy atom. The van der Waals surface area contributed by atoms with Crippen LogP contribution in [-0.2, 0) is 4.79 Å². The van der Waals surface area contributed by atoms with Crippen LogP contribution in [0.5, 0.6) is 0 Å². The fourth-order valence-electron chi connectivity index (χ4n) is 0.701. The number of hydrogen-bond acceptors (Lipinski definition) is 5. The third-order valence-electron chi connectivity index (χ3n) is 1.27. The van der Waals surface area contributed by atoms with E-state index in [-0.39, 0.29) is 0 Å². The minimum Gasteiger partial charge on any atom is -0.323 e. The van der Waals surface area contributed by atoms with Crippen LogP contribution in [0.2, 0.25) is 0 Å². The molecule has 0 aliphatic rings. The van der Waals surface area contributed by atoms with Crippen molar-refractivity contribution in [3.05, 3.63) is 17.5 Å². The van der Waals surface area contributed by atoms with Crippen molar-refractivity contribution >= 4 is 29.6 Å². The first kappa shape index (κ1) is 14.6. The average molecular weight is 246 g/mol. The van der Waals surface area contributed by atoms with Gasteiger partial charge in [-0.25, -0.2) is 0 Å². The predicted molar refractivity (Wildman–Crippen MR) is 68.5 cm³/mol. The van der Waals surface area contributed by atoms with Crippen LogP contribution in [0.15, 0.2) is 21.7 Å². The Morgan fingerprint density at radius 2 is 2.27 bits per heavy atom. The quantitative estimate of drug-likeness (QED) is 0.458. The van der Waals surface area contributed by atoms with Crippen molar-refractivity contribution in [1.82, 2.24) is 10.0 Å². The van der Waals surface area contributed by atoms with Crippen LogP contribution >= 0.6 is 23.3 Å². The highest BCUT2D eigenvalue weighted by Crippen LogP contribution is 2.19. The summed E-state index contributed by atoms with van der Waals surface area (Å²) in [6.45, 7) is 0.890. The maximum atomic E-state index is 9.96. The summed E-state index contributed by atoms with van der Waals surface area (Å²) in [7, 11) is 3.75.